The zero-order valence-electron chi connectivity index (χ0n) is 13.9. The molecular formula is C19H22N2O2S. The fourth-order valence-electron chi connectivity index (χ4n) is 3.00. The number of hydrogen-bond acceptors (Lipinski definition) is 3. The van der Waals surface area contributed by atoms with Gasteiger partial charge in [0.05, 0.1) is 26.3 Å². The highest BCUT2D eigenvalue weighted by Crippen LogP contribution is 2.18. The maximum atomic E-state index is 5.32. The number of hydrogen-bond donors (Lipinski definition) is 2. The van der Waals surface area contributed by atoms with Crippen molar-refractivity contribution in [1.29, 1.82) is 0 Å². The Bertz CT molecular complexity index is 626. The molecule has 5 heteroatoms. The first-order valence-electron chi connectivity index (χ1n) is 8.01. The summed E-state index contributed by atoms with van der Waals surface area (Å²) in [6.45, 7) is 0. The molecule has 2 aromatic rings. The standard InChI is InChI=1S/C19H22N2O2S/c1-22-15-7-3-13(4-8-15)11-17-18(21-19(24)20-17)12-14-5-9-16(23-2)10-6-14/h3-10,17-18H,11-12H2,1-2H3,(H2,20,21,24). The Hall–Kier alpha value is -2.27. The van der Waals surface area contributed by atoms with E-state index in [1.165, 1.54) is 11.1 Å². The highest BCUT2D eigenvalue weighted by molar-refractivity contribution is 7.80. The molecule has 0 amide bonds. The fourth-order valence-corrected chi connectivity index (χ4v) is 3.30. The van der Waals surface area contributed by atoms with E-state index in [4.69, 9.17) is 21.7 Å². The maximum Gasteiger partial charge on any atom is 0.166 e. The quantitative estimate of drug-likeness (QED) is 0.790. The predicted octanol–water partition coefficient (Wildman–Crippen LogP) is 2.70. The second-order valence-corrected chi connectivity index (χ2v) is 6.34. The second kappa shape index (κ2) is 7.53. The molecule has 0 saturated carbocycles. The normalized spacial score (nSPS) is 19.5. The number of rotatable bonds is 6. The van der Waals surface area contributed by atoms with Crippen LogP contribution >= 0.6 is 12.2 Å². The summed E-state index contributed by atoms with van der Waals surface area (Å²) in [7, 11) is 3.36. The number of ether oxygens (including phenoxy) is 2. The van der Waals surface area contributed by atoms with E-state index in [2.05, 4.69) is 34.9 Å². The van der Waals surface area contributed by atoms with Gasteiger partial charge >= 0.3 is 0 Å². The summed E-state index contributed by atoms with van der Waals surface area (Å²) in [6.07, 6.45) is 1.83. The first-order valence-corrected chi connectivity index (χ1v) is 8.41. The fraction of sp³-hybridized carbons (Fsp3) is 0.316. The van der Waals surface area contributed by atoms with Crippen molar-refractivity contribution in [3.8, 4) is 11.5 Å². The summed E-state index contributed by atoms with van der Waals surface area (Å²) < 4.78 is 10.4. The molecule has 3 rings (SSSR count). The molecule has 2 unspecified atom stereocenters. The Morgan fingerprint density at radius 1 is 0.750 bits per heavy atom. The van der Waals surface area contributed by atoms with Crippen LogP contribution in [0.3, 0.4) is 0 Å². The lowest BCUT2D eigenvalue weighted by atomic mass is 9.95. The Morgan fingerprint density at radius 3 is 1.46 bits per heavy atom. The molecule has 4 nitrogen and oxygen atoms in total. The first kappa shape index (κ1) is 16.6. The molecule has 24 heavy (non-hydrogen) atoms. The molecule has 0 aromatic heterocycles. The van der Waals surface area contributed by atoms with Gasteiger partial charge in [-0.2, -0.15) is 0 Å². The molecule has 0 spiro atoms. The Kier molecular flexibility index (Phi) is 5.20. The average Bonchev–Trinajstić information content (AvgIpc) is 2.95. The van der Waals surface area contributed by atoms with Gasteiger partial charge in [0, 0.05) is 0 Å². The van der Waals surface area contributed by atoms with Crippen molar-refractivity contribution < 1.29 is 9.47 Å². The lowest BCUT2D eigenvalue weighted by molar-refractivity contribution is 0.414. The summed E-state index contributed by atoms with van der Waals surface area (Å²) in [6, 6.07) is 16.9. The van der Waals surface area contributed by atoms with Gasteiger partial charge < -0.3 is 20.1 Å². The molecule has 1 heterocycles. The van der Waals surface area contributed by atoms with Gasteiger partial charge in [-0.1, -0.05) is 24.3 Å². The monoisotopic (exact) mass is 342 g/mol. The third-order valence-electron chi connectivity index (χ3n) is 4.35. The van der Waals surface area contributed by atoms with Crippen LogP contribution in [0.2, 0.25) is 0 Å². The van der Waals surface area contributed by atoms with Crippen molar-refractivity contribution in [3.63, 3.8) is 0 Å². The van der Waals surface area contributed by atoms with Gasteiger partial charge in [-0.3, -0.25) is 0 Å². The molecule has 1 aliphatic rings. The van der Waals surface area contributed by atoms with E-state index < -0.39 is 0 Å². The predicted molar refractivity (Wildman–Crippen MR) is 99.8 cm³/mol. The molecule has 126 valence electrons. The Morgan fingerprint density at radius 2 is 1.12 bits per heavy atom. The summed E-state index contributed by atoms with van der Waals surface area (Å²) in [4.78, 5) is 0. The highest BCUT2D eigenvalue weighted by atomic mass is 32.1. The van der Waals surface area contributed by atoms with E-state index in [0.717, 1.165) is 29.5 Å². The van der Waals surface area contributed by atoms with Crippen molar-refractivity contribution in [3.05, 3.63) is 59.7 Å². The van der Waals surface area contributed by atoms with Gasteiger partial charge in [0.1, 0.15) is 11.5 Å². The molecule has 0 bridgehead atoms. The smallest absolute Gasteiger partial charge is 0.166 e. The van der Waals surface area contributed by atoms with Gasteiger partial charge in [-0.15, -0.1) is 0 Å². The van der Waals surface area contributed by atoms with Gasteiger partial charge in [0.15, 0.2) is 5.11 Å². The summed E-state index contributed by atoms with van der Waals surface area (Å²) in [5.74, 6) is 1.75. The van der Waals surface area contributed by atoms with Crippen LogP contribution in [-0.2, 0) is 12.8 Å². The van der Waals surface area contributed by atoms with E-state index in [0.29, 0.717) is 0 Å². The first-order chi connectivity index (χ1) is 11.7. The number of benzene rings is 2. The lowest BCUT2D eigenvalue weighted by Crippen LogP contribution is -2.37. The molecule has 1 saturated heterocycles. The highest BCUT2D eigenvalue weighted by Gasteiger charge is 2.29. The minimum Gasteiger partial charge on any atom is -0.497 e. The van der Waals surface area contributed by atoms with Crippen LogP contribution < -0.4 is 20.1 Å². The van der Waals surface area contributed by atoms with Crippen molar-refractivity contribution in [2.45, 2.75) is 24.9 Å². The van der Waals surface area contributed by atoms with Crippen LogP contribution in [0, 0.1) is 0 Å². The zero-order valence-corrected chi connectivity index (χ0v) is 14.7. The second-order valence-electron chi connectivity index (χ2n) is 5.94. The minimum absolute atomic E-state index is 0.271. The van der Waals surface area contributed by atoms with Crippen molar-refractivity contribution in [1.82, 2.24) is 10.6 Å². The summed E-state index contributed by atoms with van der Waals surface area (Å²) >= 11 is 5.32. The summed E-state index contributed by atoms with van der Waals surface area (Å²) in [5, 5.41) is 7.51. The Labute approximate surface area is 148 Å². The van der Waals surface area contributed by atoms with Gasteiger partial charge in [-0.05, 0) is 60.5 Å². The minimum atomic E-state index is 0.271. The van der Waals surface area contributed by atoms with Crippen LogP contribution in [0.5, 0.6) is 11.5 Å². The van der Waals surface area contributed by atoms with E-state index in [1.807, 2.05) is 24.3 Å². The third-order valence-corrected chi connectivity index (χ3v) is 4.58. The van der Waals surface area contributed by atoms with Crippen LogP contribution in [0.15, 0.2) is 48.5 Å². The summed E-state index contributed by atoms with van der Waals surface area (Å²) in [5.41, 5.74) is 2.53. The maximum absolute atomic E-state index is 5.32. The average molecular weight is 342 g/mol. The van der Waals surface area contributed by atoms with Crippen molar-refractivity contribution in [2.24, 2.45) is 0 Å². The van der Waals surface area contributed by atoms with E-state index in [1.54, 1.807) is 14.2 Å². The topological polar surface area (TPSA) is 42.5 Å². The molecule has 0 aliphatic carbocycles. The van der Waals surface area contributed by atoms with Gasteiger partial charge in [-0.25, -0.2) is 0 Å². The zero-order chi connectivity index (χ0) is 16.9. The molecule has 0 radical (unpaired) electrons. The van der Waals surface area contributed by atoms with E-state index in [9.17, 15) is 0 Å². The third kappa shape index (κ3) is 3.97. The van der Waals surface area contributed by atoms with Gasteiger partial charge in [0.25, 0.3) is 0 Å². The van der Waals surface area contributed by atoms with Crippen LogP contribution in [0.1, 0.15) is 11.1 Å². The molecule has 1 fully saturated rings. The van der Waals surface area contributed by atoms with Crippen LogP contribution in [0.4, 0.5) is 0 Å². The van der Waals surface area contributed by atoms with Crippen LogP contribution in [-0.4, -0.2) is 31.4 Å². The lowest BCUT2D eigenvalue weighted by Gasteiger charge is -2.19. The van der Waals surface area contributed by atoms with Crippen LogP contribution in [0.25, 0.3) is 0 Å². The molecule has 2 aromatic carbocycles. The molecule has 2 atom stereocenters. The number of thiocarbonyl (C=S) groups is 1. The molecular weight excluding hydrogens is 320 g/mol. The van der Waals surface area contributed by atoms with Crippen molar-refractivity contribution in [2.75, 3.05) is 14.2 Å². The molecule has 1 aliphatic heterocycles. The van der Waals surface area contributed by atoms with E-state index >= 15 is 0 Å². The largest absolute Gasteiger partial charge is 0.497 e. The van der Waals surface area contributed by atoms with Gasteiger partial charge in [0.2, 0.25) is 0 Å². The number of methoxy groups -OCH3 is 2. The van der Waals surface area contributed by atoms with E-state index in [-0.39, 0.29) is 12.1 Å². The Balaban J connectivity index is 1.67. The molecule has 2 N–H and O–H groups in total. The SMILES string of the molecule is COc1ccc(CC2NC(=S)NC2Cc2ccc(OC)cc2)cc1. The number of nitrogens with one attached hydrogen (secondary N) is 2. The van der Waals surface area contributed by atoms with Crippen molar-refractivity contribution >= 4 is 17.3 Å².